The van der Waals surface area contributed by atoms with Crippen LogP contribution in [0.1, 0.15) is 35.7 Å². The number of aromatic nitrogens is 4. The quantitative estimate of drug-likeness (QED) is 0.0554. The summed E-state index contributed by atoms with van der Waals surface area (Å²) < 4.78 is 62.3. The summed E-state index contributed by atoms with van der Waals surface area (Å²) in [5, 5.41) is 31.1. The van der Waals surface area contributed by atoms with E-state index in [0.717, 1.165) is 43.8 Å². The number of thioether (sulfide) groups is 2. The minimum Gasteiger partial charge on any atom is -0.465 e. The summed E-state index contributed by atoms with van der Waals surface area (Å²) in [4.78, 5) is 57.3. The van der Waals surface area contributed by atoms with Gasteiger partial charge in [-0.2, -0.15) is 9.97 Å². The maximum atomic E-state index is 15.3. The lowest BCUT2D eigenvalue weighted by Crippen LogP contribution is -2.46. The lowest BCUT2D eigenvalue weighted by Gasteiger charge is -2.29. The number of hydrogen-bond donors (Lipinski definition) is 7. The Morgan fingerprint density at radius 2 is 1.16 bits per heavy atom. The van der Waals surface area contributed by atoms with E-state index in [-0.39, 0.29) is 44.3 Å². The second-order valence-electron chi connectivity index (χ2n) is 14.4. The Bertz CT molecular complexity index is 2260. The van der Waals surface area contributed by atoms with E-state index in [1.54, 1.807) is 62.4 Å². The molecular weight excluding hydrogens is 902 g/mol. The largest absolute Gasteiger partial charge is 0.465 e. The van der Waals surface area contributed by atoms with Gasteiger partial charge in [0.05, 0.1) is 36.9 Å². The summed E-state index contributed by atoms with van der Waals surface area (Å²) in [6.45, 7) is 2.51. The number of rotatable bonds is 18. The number of nitrogen functional groups attached to an aromatic ring is 2. The molecule has 6 rings (SSSR count). The second kappa shape index (κ2) is 23.5. The van der Waals surface area contributed by atoms with Crippen LogP contribution in [0.25, 0.3) is 0 Å². The van der Waals surface area contributed by atoms with Crippen molar-refractivity contribution < 1.29 is 52.3 Å². The van der Waals surface area contributed by atoms with Gasteiger partial charge < -0.3 is 40.8 Å². The van der Waals surface area contributed by atoms with Crippen molar-refractivity contribution in [2.75, 3.05) is 37.9 Å². The van der Waals surface area contributed by atoms with Crippen LogP contribution in [0, 0.1) is 0 Å². The summed E-state index contributed by atoms with van der Waals surface area (Å²) in [5.41, 5.74) is 10.9. The zero-order valence-corrected chi connectivity index (χ0v) is 37.2. The average molecular weight is 953 g/mol. The minimum atomic E-state index is -4.41. The summed E-state index contributed by atoms with van der Waals surface area (Å²) in [7, 11) is -4.41. The molecule has 19 nitrogen and oxygen atoms in total. The zero-order chi connectivity index (χ0) is 46.6. The predicted octanol–water partition coefficient (Wildman–Crippen LogP) is 1.92. The summed E-state index contributed by atoms with van der Waals surface area (Å²) in [6.07, 6.45) is -3.73. The van der Waals surface area contributed by atoms with Crippen molar-refractivity contribution in [2.45, 2.75) is 84.6 Å². The topological polar surface area (TPSA) is 285 Å². The Kier molecular flexibility index (Phi) is 18.4. The number of nitrogens with zero attached hydrogens (tertiary/aromatic N) is 4. The van der Waals surface area contributed by atoms with Crippen molar-refractivity contribution in [3.8, 4) is 0 Å². The van der Waals surface area contributed by atoms with Gasteiger partial charge in [0.15, 0.2) is 12.3 Å². The molecule has 9 N–H and O–H groups in total. The normalized spacial score (nSPS) is 24.0. The van der Waals surface area contributed by atoms with Gasteiger partial charge in [0.2, 0.25) is 0 Å². The minimum absolute atomic E-state index is 0.0403. The van der Waals surface area contributed by atoms with E-state index < -0.39 is 95.5 Å². The average Bonchev–Trinajstić information content (AvgIpc) is 3.72. The van der Waals surface area contributed by atoms with Gasteiger partial charge in [-0.15, -0.1) is 23.5 Å². The molecule has 0 unspecified atom stereocenters. The van der Waals surface area contributed by atoms with Crippen LogP contribution in [0.2, 0.25) is 0 Å². The van der Waals surface area contributed by atoms with Crippen molar-refractivity contribution >= 4 is 54.8 Å². The van der Waals surface area contributed by atoms with Crippen LogP contribution in [0.5, 0.6) is 0 Å². The number of esters is 2. The van der Waals surface area contributed by atoms with E-state index in [1.807, 2.05) is 12.1 Å². The van der Waals surface area contributed by atoms with Crippen LogP contribution in [0.15, 0.2) is 94.8 Å². The van der Waals surface area contributed by atoms with Gasteiger partial charge >= 0.3 is 31.0 Å². The molecule has 4 aromatic rings. The van der Waals surface area contributed by atoms with Gasteiger partial charge in [-0.05, 0) is 49.9 Å². The number of anilines is 2. The van der Waals surface area contributed by atoms with Crippen molar-refractivity contribution in [3.05, 3.63) is 117 Å². The summed E-state index contributed by atoms with van der Waals surface area (Å²) >= 11 is 1.89. The van der Waals surface area contributed by atoms with E-state index in [4.69, 9.17) is 30.6 Å². The van der Waals surface area contributed by atoms with Crippen molar-refractivity contribution in [2.24, 2.45) is 0 Å². The maximum absolute atomic E-state index is 15.3. The highest BCUT2D eigenvalue weighted by molar-refractivity contribution is 8.00. The molecule has 0 bridgehead atoms. The first kappa shape index (κ1) is 50.3. The molecule has 2 aromatic carbocycles. The molecular formula is C40H51F2N8O11PS2. The van der Waals surface area contributed by atoms with E-state index in [0.29, 0.717) is 0 Å². The number of nitrogens with two attached hydrogens (primary N) is 2. The molecule has 4 heterocycles. The van der Waals surface area contributed by atoms with Gasteiger partial charge in [-0.3, -0.25) is 23.3 Å². The molecule has 0 spiro atoms. The Morgan fingerprint density at radius 1 is 0.750 bits per heavy atom. The van der Waals surface area contributed by atoms with Gasteiger partial charge in [-0.25, -0.2) is 28.5 Å². The highest BCUT2D eigenvalue weighted by Crippen LogP contribution is 2.47. The van der Waals surface area contributed by atoms with Crippen LogP contribution < -0.4 is 33.0 Å². The predicted molar refractivity (Wildman–Crippen MR) is 237 cm³/mol. The van der Waals surface area contributed by atoms with Gasteiger partial charge in [0.1, 0.15) is 46.7 Å². The summed E-state index contributed by atoms with van der Waals surface area (Å²) in [6, 6.07) is 18.2. The Labute approximate surface area is 374 Å². The first-order chi connectivity index (χ1) is 30.6. The lowest BCUT2D eigenvalue weighted by molar-refractivity contribution is -0.145. The van der Waals surface area contributed by atoms with Crippen molar-refractivity contribution in [3.63, 3.8) is 0 Å². The molecule has 0 radical (unpaired) electrons. The number of alkyl halides is 2. The molecule has 24 heteroatoms. The third kappa shape index (κ3) is 13.2. The number of ether oxygens (including phenoxy) is 2. The number of halogens is 2. The summed E-state index contributed by atoms with van der Waals surface area (Å²) in [5.74, 6) is -1.41. The highest BCUT2D eigenvalue weighted by atomic mass is 32.2. The first-order valence-corrected chi connectivity index (χ1v) is 23.6. The van der Waals surface area contributed by atoms with E-state index in [9.17, 15) is 38.3 Å². The monoisotopic (exact) mass is 952 g/mol. The Hall–Kier alpha value is -4.71. The molecule has 2 aromatic heterocycles. The third-order valence-corrected chi connectivity index (χ3v) is 14.7. The zero-order valence-electron chi connectivity index (χ0n) is 34.7. The van der Waals surface area contributed by atoms with Gasteiger partial charge in [-0.1, -0.05) is 60.7 Å². The third-order valence-electron chi connectivity index (χ3n) is 9.80. The molecule has 348 valence electrons. The van der Waals surface area contributed by atoms with Crippen LogP contribution in [0.4, 0.5) is 20.4 Å². The van der Waals surface area contributed by atoms with Crippen LogP contribution in [-0.4, -0.2) is 120 Å². The maximum Gasteiger partial charge on any atom is 0.350 e. The Balaban J connectivity index is 0.000000377. The van der Waals surface area contributed by atoms with Crippen molar-refractivity contribution in [1.82, 2.24) is 29.3 Å². The fourth-order valence-corrected chi connectivity index (χ4v) is 11.3. The number of aliphatic hydroxyl groups is 3. The molecule has 2 aliphatic heterocycles. The lowest BCUT2D eigenvalue weighted by atomic mass is 10.1. The molecule has 0 saturated carbocycles. The fourth-order valence-electron chi connectivity index (χ4n) is 6.63. The highest BCUT2D eigenvalue weighted by Gasteiger charge is 2.47. The van der Waals surface area contributed by atoms with Gasteiger partial charge in [0, 0.05) is 12.4 Å². The smallest absolute Gasteiger partial charge is 0.350 e. The number of nitrogens with one attached hydrogen (secondary N) is 2. The van der Waals surface area contributed by atoms with Crippen LogP contribution >= 0.6 is 31.2 Å². The molecule has 2 saturated heterocycles. The number of carbonyl (C=O) groups is 2. The Morgan fingerprint density at radius 3 is 1.53 bits per heavy atom. The number of benzene rings is 2. The molecule has 2 fully saturated rings. The molecule has 0 aliphatic carbocycles. The first-order valence-electron chi connectivity index (χ1n) is 20.0. The number of aliphatic hydroxyl groups excluding tert-OH is 3. The van der Waals surface area contributed by atoms with E-state index in [1.165, 1.54) is 24.5 Å². The fraction of sp³-hybridized carbons (Fsp3) is 0.450. The SMILES string of the molecule is CCOC(=O)[C@H](Cc1ccccc1)NP(=O)(N[C@@H](Cc1ccccc1)C(=O)OCC)OC[C@H]1S[C@@H](n2ccc(N)nc2=O)[C@@H](F)[C@@H]1O.Nc1ccn([C@@H]2S[C@H](CO)[C@@H](O)[C@@H]2F)c(=O)n1. The van der Waals surface area contributed by atoms with E-state index in [2.05, 4.69) is 20.1 Å². The van der Waals surface area contributed by atoms with Gasteiger partial charge in [0.25, 0.3) is 0 Å². The number of hydrogen-bond acceptors (Lipinski definition) is 17. The second-order valence-corrected chi connectivity index (χ2v) is 19.0. The molecule has 2 aliphatic rings. The molecule has 64 heavy (non-hydrogen) atoms. The molecule has 0 amide bonds. The molecule has 10 atom stereocenters. The number of carbonyl (C=O) groups excluding carboxylic acids is 2. The van der Waals surface area contributed by atoms with Crippen LogP contribution in [-0.2, 0) is 41.0 Å². The van der Waals surface area contributed by atoms with E-state index >= 15 is 4.39 Å². The van der Waals surface area contributed by atoms with Crippen molar-refractivity contribution in [1.29, 1.82) is 0 Å². The standard InChI is InChI=1S/C31H39FN5O8PS.C9H12FN3O3S/c1-3-43-29(39)22(17-20-11-7-5-8-12-20)35-46(42,36-23(30(40)44-4-2)18-21-13-9-6-10-14-21)45-19-24-27(38)26(32)28(47-24)37-16-15-25(33)34-31(37)41;10-6-7(15)4(3-14)17-8(6)13-2-1-5(11)12-9(13)16/h5-16,22-24,26-28,38H,3-4,17-19H2,1-2H3,(H2,33,34,41)(H2,35,36,42);1-2,4,6-8,14-15H,3H2,(H2,11,12,16)/t22-,23-,24+,26-,27+,28+;4-,6+,7-,8-/m01/s1. The van der Waals surface area contributed by atoms with Crippen LogP contribution in [0.3, 0.4) is 0 Å².